The molecule has 0 saturated heterocycles. The standard InChI is InChI=1S/C38H26N2O2/c1-3-9-27-19-31(15-13-25(27)7-1)39-33-21-29-11-5-6-12-30(29)22-34(33)40(32-16-14-26-8-2-4-10-28(26)20-32)36-24-38-37(23-35(36)39)41-17-18-42-38/h1-16,19-24H,17-18H2. The summed E-state index contributed by atoms with van der Waals surface area (Å²) in [4.78, 5) is 4.75. The number of rotatable bonds is 2. The molecule has 2 heterocycles. The molecule has 0 saturated carbocycles. The lowest BCUT2D eigenvalue weighted by molar-refractivity contribution is 0.172. The minimum Gasteiger partial charge on any atom is -0.486 e. The van der Waals surface area contributed by atoms with Crippen molar-refractivity contribution in [2.75, 3.05) is 23.0 Å². The summed E-state index contributed by atoms with van der Waals surface area (Å²) in [6.07, 6.45) is 0. The first kappa shape index (κ1) is 23.2. The first-order valence-electron chi connectivity index (χ1n) is 14.3. The summed E-state index contributed by atoms with van der Waals surface area (Å²) in [7, 11) is 0. The molecule has 2 aliphatic heterocycles. The van der Waals surface area contributed by atoms with E-state index >= 15 is 0 Å². The Balaban J connectivity index is 1.37. The third-order valence-corrected chi connectivity index (χ3v) is 8.43. The largest absolute Gasteiger partial charge is 0.486 e. The third kappa shape index (κ3) is 3.55. The zero-order valence-electron chi connectivity index (χ0n) is 22.8. The minimum absolute atomic E-state index is 0.539. The molecular weight excluding hydrogens is 516 g/mol. The first-order valence-corrected chi connectivity index (χ1v) is 14.3. The second-order valence-electron chi connectivity index (χ2n) is 10.9. The number of anilines is 6. The maximum Gasteiger partial charge on any atom is 0.163 e. The van der Waals surface area contributed by atoms with Gasteiger partial charge in [-0.05, 0) is 68.7 Å². The van der Waals surface area contributed by atoms with E-state index in [1.807, 2.05) is 0 Å². The molecule has 0 amide bonds. The van der Waals surface area contributed by atoms with Crippen molar-refractivity contribution in [2.45, 2.75) is 0 Å². The second-order valence-corrected chi connectivity index (χ2v) is 10.9. The van der Waals surface area contributed by atoms with Gasteiger partial charge in [0.05, 0.1) is 22.7 Å². The van der Waals surface area contributed by atoms with Gasteiger partial charge < -0.3 is 19.3 Å². The lowest BCUT2D eigenvalue weighted by atomic mass is 9.99. The smallest absolute Gasteiger partial charge is 0.163 e. The maximum atomic E-state index is 6.13. The zero-order chi connectivity index (χ0) is 27.6. The fourth-order valence-electron chi connectivity index (χ4n) is 6.45. The van der Waals surface area contributed by atoms with Crippen molar-refractivity contribution in [3.63, 3.8) is 0 Å². The lowest BCUT2D eigenvalue weighted by Gasteiger charge is -2.41. The molecular formula is C38H26N2O2. The Hall–Kier alpha value is -5.48. The molecule has 7 aromatic carbocycles. The van der Waals surface area contributed by atoms with Gasteiger partial charge in [0.25, 0.3) is 0 Å². The SMILES string of the molecule is c1ccc2cc(N3c4cc5c(cc4N(c4ccc6ccccc6c4)c4cc6ccccc6cc43)OCCO5)ccc2c1. The Labute approximate surface area is 243 Å². The monoisotopic (exact) mass is 542 g/mol. The van der Waals surface area contributed by atoms with Crippen LogP contribution in [0.25, 0.3) is 32.3 Å². The Morgan fingerprint density at radius 1 is 0.357 bits per heavy atom. The topological polar surface area (TPSA) is 24.9 Å². The zero-order valence-corrected chi connectivity index (χ0v) is 22.8. The summed E-state index contributed by atoms with van der Waals surface area (Å²) in [5.41, 5.74) is 6.52. The van der Waals surface area contributed by atoms with Crippen LogP contribution in [0.4, 0.5) is 34.1 Å². The van der Waals surface area contributed by atoms with E-state index < -0.39 is 0 Å². The van der Waals surface area contributed by atoms with Gasteiger partial charge in [0.1, 0.15) is 13.2 Å². The molecule has 0 N–H and O–H groups in total. The van der Waals surface area contributed by atoms with Crippen LogP contribution in [-0.2, 0) is 0 Å². The molecule has 0 atom stereocenters. The van der Waals surface area contributed by atoms with Crippen LogP contribution in [0.5, 0.6) is 11.5 Å². The molecule has 4 heteroatoms. The Kier molecular flexibility index (Phi) is 4.99. The quantitative estimate of drug-likeness (QED) is 0.217. The van der Waals surface area contributed by atoms with E-state index in [0.717, 1.165) is 45.6 Å². The van der Waals surface area contributed by atoms with E-state index in [1.54, 1.807) is 0 Å². The average molecular weight is 543 g/mol. The molecule has 7 aromatic rings. The van der Waals surface area contributed by atoms with Crippen molar-refractivity contribution < 1.29 is 9.47 Å². The molecule has 0 aliphatic carbocycles. The van der Waals surface area contributed by atoms with Gasteiger partial charge in [-0.2, -0.15) is 0 Å². The lowest BCUT2D eigenvalue weighted by Crippen LogP contribution is -2.25. The van der Waals surface area contributed by atoms with Crippen LogP contribution >= 0.6 is 0 Å². The number of benzene rings is 7. The van der Waals surface area contributed by atoms with Crippen molar-refractivity contribution in [3.05, 3.63) is 133 Å². The second kappa shape index (κ2) is 9.02. The van der Waals surface area contributed by atoms with Crippen LogP contribution in [0, 0.1) is 0 Å². The summed E-state index contributed by atoms with van der Waals surface area (Å²) in [5.74, 6) is 1.54. The van der Waals surface area contributed by atoms with Crippen molar-refractivity contribution in [1.29, 1.82) is 0 Å². The molecule has 200 valence electrons. The van der Waals surface area contributed by atoms with Crippen LogP contribution < -0.4 is 19.3 Å². The highest BCUT2D eigenvalue weighted by Gasteiger charge is 2.33. The minimum atomic E-state index is 0.539. The number of ether oxygens (including phenoxy) is 2. The number of hydrogen-bond acceptors (Lipinski definition) is 4. The van der Waals surface area contributed by atoms with E-state index in [9.17, 15) is 0 Å². The van der Waals surface area contributed by atoms with Crippen molar-refractivity contribution >= 4 is 66.4 Å². The summed E-state index contributed by atoms with van der Waals surface area (Å²) >= 11 is 0. The number of hydrogen-bond donors (Lipinski definition) is 0. The summed E-state index contributed by atoms with van der Waals surface area (Å²) in [6.45, 7) is 1.08. The number of fused-ring (bicyclic) bond motifs is 6. The molecule has 4 nitrogen and oxygen atoms in total. The fraction of sp³-hybridized carbons (Fsp3) is 0.0526. The highest BCUT2D eigenvalue weighted by molar-refractivity contribution is 6.08. The highest BCUT2D eigenvalue weighted by atomic mass is 16.6. The van der Waals surface area contributed by atoms with Gasteiger partial charge in [-0.15, -0.1) is 0 Å². The molecule has 0 unspecified atom stereocenters. The predicted molar refractivity (Wildman–Crippen MR) is 173 cm³/mol. The van der Waals surface area contributed by atoms with Crippen LogP contribution in [-0.4, -0.2) is 13.2 Å². The Morgan fingerprint density at radius 3 is 1.14 bits per heavy atom. The molecule has 42 heavy (non-hydrogen) atoms. The van der Waals surface area contributed by atoms with E-state index in [1.165, 1.54) is 32.3 Å². The molecule has 0 fully saturated rings. The van der Waals surface area contributed by atoms with Gasteiger partial charge in [0.2, 0.25) is 0 Å². The molecule has 0 bridgehead atoms. The van der Waals surface area contributed by atoms with Gasteiger partial charge in [0.15, 0.2) is 11.5 Å². The molecule has 0 aromatic heterocycles. The highest BCUT2D eigenvalue weighted by Crippen LogP contribution is 2.58. The Bertz CT molecular complexity index is 2030. The average Bonchev–Trinajstić information content (AvgIpc) is 3.05. The van der Waals surface area contributed by atoms with E-state index in [2.05, 4.69) is 143 Å². The summed E-state index contributed by atoms with van der Waals surface area (Å²) in [5, 5.41) is 7.24. The fourth-order valence-corrected chi connectivity index (χ4v) is 6.45. The molecule has 9 rings (SSSR count). The summed E-state index contributed by atoms with van der Waals surface area (Å²) < 4.78 is 12.3. The van der Waals surface area contributed by atoms with Crippen LogP contribution in [0.1, 0.15) is 0 Å². The molecule has 0 radical (unpaired) electrons. The van der Waals surface area contributed by atoms with Gasteiger partial charge >= 0.3 is 0 Å². The van der Waals surface area contributed by atoms with E-state index in [-0.39, 0.29) is 0 Å². The van der Waals surface area contributed by atoms with Gasteiger partial charge in [-0.1, -0.05) is 84.9 Å². The van der Waals surface area contributed by atoms with Crippen LogP contribution in [0.3, 0.4) is 0 Å². The van der Waals surface area contributed by atoms with Gasteiger partial charge in [-0.25, -0.2) is 0 Å². The van der Waals surface area contributed by atoms with Gasteiger partial charge in [0, 0.05) is 23.5 Å². The predicted octanol–water partition coefficient (Wildman–Crippen LogP) is 10.2. The normalized spacial score (nSPS) is 13.8. The van der Waals surface area contributed by atoms with E-state index in [4.69, 9.17) is 9.47 Å². The first-order chi connectivity index (χ1) is 20.8. The van der Waals surface area contributed by atoms with Crippen molar-refractivity contribution in [3.8, 4) is 11.5 Å². The van der Waals surface area contributed by atoms with Crippen molar-refractivity contribution in [1.82, 2.24) is 0 Å². The third-order valence-electron chi connectivity index (χ3n) is 8.43. The Morgan fingerprint density at radius 2 is 0.714 bits per heavy atom. The molecule has 2 aliphatic rings. The van der Waals surface area contributed by atoms with Crippen LogP contribution in [0.15, 0.2) is 133 Å². The van der Waals surface area contributed by atoms with Crippen LogP contribution in [0.2, 0.25) is 0 Å². The summed E-state index contributed by atoms with van der Waals surface area (Å²) in [6, 6.07) is 48.0. The maximum absolute atomic E-state index is 6.13. The van der Waals surface area contributed by atoms with Gasteiger partial charge in [-0.3, -0.25) is 0 Å². The van der Waals surface area contributed by atoms with Crippen molar-refractivity contribution in [2.24, 2.45) is 0 Å². The molecule has 0 spiro atoms. The number of nitrogens with zero attached hydrogens (tertiary/aromatic N) is 2. The van der Waals surface area contributed by atoms with E-state index in [0.29, 0.717) is 13.2 Å².